The van der Waals surface area contributed by atoms with Crippen LogP contribution in [0.5, 0.6) is 0 Å². The van der Waals surface area contributed by atoms with Crippen molar-refractivity contribution in [2.24, 2.45) is 0 Å². The van der Waals surface area contributed by atoms with E-state index in [0.717, 1.165) is 18.9 Å². The number of halogens is 2. The molecule has 0 heterocycles. The van der Waals surface area contributed by atoms with Crippen LogP contribution in [-0.2, 0) is 4.79 Å². The van der Waals surface area contributed by atoms with Crippen LogP contribution in [0.3, 0.4) is 0 Å². The lowest BCUT2D eigenvalue weighted by Crippen LogP contribution is -1.93. The van der Waals surface area contributed by atoms with Gasteiger partial charge in [0.2, 0.25) is 7.42 Å². The minimum Gasteiger partial charge on any atom is -0.481 e. The highest BCUT2D eigenvalue weighted by atomic mass is 35.7. The molecule has 0 aromatic rings. The molecule has 276 valence electrons. The zero-order valence-electron chi connectivity index (χ0n) is 31.0. The highest BCUT2D eigenvalue weighted by molar-refractivity contribution is 7.33. The average molecular weight is 706 g/mol. The summed E-state index contributed by atoms with van der Waals surface area (Å²) in [5.41, 5.74) is 0. The van der Waals surface area contributed by atoms with Crippen molar-refractivity contribution in [3.8, 4) is 0 Å². The Hall–Kier alpha value is 0.267. The van der Waals surface area contributed by atoms with Crippen LogP contribution in [0, 0.1) is 0 Å². The highest BCUT2D eigenvalue weighted by Gasteiger charge is 2.01. The first kappa shape index (κ1) is 46.3. The van der Waals surface area contributed by atoms with Gasteiger partial charge in [-0.25, -0.2) is 0 Å². The minimum atomic E-state index is -1.34. The van der Waals surface area contributed by atoms with Gasteiger partial charge < -0.3 is 5.11 Å². The van der Waals surface area contributed by atoms with E-state index in [2.05, 4.69) is 0 Å². The van der Waals surface area contributed by atoms with Crippen molar-refractivity contribution >= 4 is 35.5 Å². The van der Waals surface area contributed by atoms with Crippen LogP contribution < -0.4 is 0 Å². The van der Waals surface area contributed by atoms with E-state index in [1.807, 2.05) is 0 Å². The van der Waals surface area contributed by atoms with Gasteiger partial charge >= 0.3 is 5.97 Å². The summed E-state index contributed by atoms with van der Waals surface area (Å²) in [5, 5.41) is 8.65. The van der Waals surface area contributed by atoms with Crippen molar-refractivity contribution in [1.82, 2.24) is 0 Å². The summed E-state index contributed by atoms with van der Waals surface area (Å²) < 4.78 is 0. The number of carboxylic acid groups (broad SMARTS) is 1. The Labute approximate surface area is 300 Å². The smallest absolute Gasteiger partial charge is 0.303 e. The minimum absolute atomic E-state index is 0.345. The molecule has 1 N–H and O–H groups in total. The van der Waals surface area contributed by atoms with E-state index >= 15 is 0 Å². The molecule has 0 fully saturated rings. The summed E-state index contributed by atoms with van der Waals surface area (Å²) in [6, 6.07) is 1.09. The van der Waals surface area contributed by atoms with E-state index in [4.69, 9.17) is 27.3 Å². The van der Waals surface area contributed by atoms with Crippen LogP contribution in [0.4, 0.5) is 0 Å². The lowest BCUT2D eigenvalue weighted by atomic mass is 10.0. The van der Waals surface area contributed by atoms with Crippen LogP contribution in [0.1, 0.15) is 250 Å². The fourth-order valence-electron chi connectivity index (χ4n) is 6.94. The van der Waals surface area contributed by atoms with Crippen molar-refractivity contribution < 1.29 is 9.90 Å². The van der Waals surface area contributed by atoms with Gasteiger partial charge in [-0.2, -0.15) is 22.2 Å². The molecule has 0 aliphatic rings. The van der Waals surface area contributed by atoms with Crippen molar-refractivity contribution in [3.63, 3.8) is 0 Å². The van der Waals surface area contributed by atoms with Gasteiger partial charge in [0.05, 0.1) is 0 Å². The monoisotopic (exact) mass is 705 g/mol. The molecule has 0 aliphatic carbocycles. The molecule has 0 unspecified atom stereocenters. The first-order valence-electron chi connectivity index (χ1n) is 21.1. The molecule has 0 amide bonds. The largest absolute Gasteiger partial charge is 0.481 e. The van der Waals surface area contributed by atoms with Crippen molar-refractivity contribution in [2.45, 2.75) is 256 Å². The predicted molar refractivity (Wildman–Crippen MR) is 211 cm³/mol. The molecular weight excluding hydrogens is 623 g/mol. The van der Waals surface area contributed by atoms with Crippen LogP contribution >= 0.6 is 22.2 Å². The second-order valence-electron chi connectivity index (χ2n) is 14.8. The van der Waals surface area contributed by atoms with Gasteiger partial charge in [-0.1, -0.05) is 238 Å². The topological polar surface area (TPSA) is 37.3 Å². The number of aliphatic carboxylic acids is 1. The summed E-state index contributed by atoms with van der Waals surface area (Å²) in [5.74, 6) is -0.649. The highest BCUT2D eigenvalue weighted by Crippen LogP contribution is 2.18. The van der Waals surface area contributed by atoms with Crippen LogP contribution in [-0.4, -0.2) is 18.5 Å². The maximum absolute atomic E-state index is 10.5. The van der Waals surface area contributed by atoms with Gasteiger partial charge in [0, 0.05) is 6.42 Å². The SMILES string of the molecule is O=C(O)CCCCCCCCCCCCCCCCCCCCCCCCCCCCCCCCCCCCCCCC[SiH](Cl)Cl. The molecule has 0 saturated carbocycles. The molecule has 5 heteroatoms. The number of rotatable bonds is 41. The maximum atomic E-state index is 10.5. The van der Waals surface area contributed by atoms with Crippen molar-refractivity contribution in [3.05, 3.63) is 0 Å². The fraction of sp³-hybridized carbons (Fsp3) is 0.976. The Balaban J connectivity index is 3.05. The quantitative estimate of drug-likeness (QED) is 0.0391. The molecule has 0 bridgehead atoms. The van der Waals surface area contributed by atoms with Gasteiger partial charge in [-0.3, -0.25) is 4.79 Å². The second-order valence-corrected chi connectivity index (χ2v) is 19.9. The number of carbonyl (C=O) groups is 1. The molecule has 0 aromatic heterocycles. The maximum Gasteiger partial charge on any atom is 0.303 e. The van der Waals surface area contributed by atoms with E-state index in [1.165, 1.54) is 231 Å². The molecule has 0 radical (unpaired) electrons. The lowest BCUT2D eigenvalue weighted by molar-refractivity contribution is -0.137. The average Bonchev–Trinajstić information content (AvgIpc) is 3.03. The standard InChI is InChI=1S/C41H82Cl2O2Si/c42-46(43)40-38-36-34-32-30-28-26-24-22-20-18-16-14-12-10-8-6-4-2-1-3-5-7-9-11-13-15-17-19-21-23-25-27-29-31-33-35-37-39-41(44)45/h46H,1-40H2,(H,44,45). The molecule has 0 aliphatic heterocycles. The summed E-state index contributed by atoms with van der Waals surface area (Å²) in [6.45, 7) is 0. The lowest BCUT2D eigenvalue weighted by Gasteiger charge is -2.05. The van der Waals surface area contributed by atoms with E-state index < -0.39 is 13.4 Å². The van der Waals surface area contributed by atoms with Crippen molar-refractivity contribution in [1.29, 1.82) is 0 Å². The Morgan fingerprint density at radius 3 is 0.609 bits per heavy atom. The van der Waals surface area contributed by atoms with E-state index in [-0.39, 0.29) is 0 Å². The fourth-order valence-corrected chi connectivity index (χ4v) is 8.46. The number of hydrogen-bond acceptors (Lipinski definition) is 1. The molecule has 2 nitrogen and oxygen atoms in total. The number of unbranched alkanes of at least 4 members (excludes halogenated alkanes) is 37. The summed E-state index contributed by atoms with van der Waals surface area (Å²) >= 11 is 11.8. The molecule has 0 spiro atoms. The molecule has 0 saturated heterocycles. The van der Waals surface area contributed by atoms with Gasteiger partial charge in [0.1, 0.15) is 0 Å². The molecule has 46 heavy (non-hydrogen) atoms. The van der Waals surface area contributed by atoms with Crippen LogP contribution in [0.2, 0.25) is 6.04 Å². The second kappa shape index (κ2) is 41.4. The van der Waals surface area contributed by atoms with Crippen LogP contribution in [0.15, 0.2) is 0 Å². The first-order chi connectivity index (χ1) is 22.6. The van der Waals surface area contributed by atoms with E-state index in [9.17, 15) is 4.79 Å². The zero-order chi connectivity index (χ0) is 33.4. The number of carboxylic acids is 1. The Kier molecular flexibility index (Phi) is 41.7. The summed E-state index contributed by atoms with van der Waals surface area (Å²) in [6.07, 6.45) is 53.6. The predicted octanol–water partition coefficient (Wildman–Crippen LogP) is 16.0. The Bertz CT molecular complexity index is 575. The van der Waals surface area contributed by atoms with Gasteiger partial charge in [0.25, 0.3) is 0 Å². The van der Waals surface area contributed by atoms with Gasteiger partial charge in [-0.05, 0) is 12.5 Å². The van der Waals surface area contributed by atoms with E-state index in [1.54, 1.807) is 0 Å². The first-order valence-corrected chi connectivity index (χ1v) is 25.4. The van der Waals surface area contributed by atoms with Crippen molar-refractivity contribution in [2.75, 3.05) is 0 Å². The summed E-state index contributed by atoms with van der Waals surface area (Å²) in [4.78, 5) is 10.5. The van der Waals surface area contributed by atoms with E-state index in [0.29, 0.717) is 6.42 Å². The normalized spacial score (nSPS) is 11.6. The van der Waals surface area contributed by atoms with Gasteiger partial charge in [-0.15, -0.1) is 0 Å². The molecule has 0 atom stereocenters. The van der Waals surface area contributed by atoms with Crippen LogP contribution in [0.25, 0.3) is 0 Å². The summed E-state index contributed by atoms with van der Waals surface area (Å²) in [7, 11) is -1.34. The van der Waals surface area contributed by atoms with Gasteiger partial charge in [0.15, 0.2) is 0 Å². The Morgan fingerprint density at radius 2 is 0.457 bits per heavy atom. The molecule has 0 aromatic carbocycles. The zero-order valence-corrected chi connectivity index (χ0v) is 33.6. The third kappa shape index (κ3) is 44.3. The third-order valence-corrected chi connectivity index (χ3v) is 12.2. The Morgan fingerprint density at radius 1 is 0.304 bits per heavy atom. The molecular formula is C41H82Cl2O2Si. The molecule has 0 rings (SSSR count). The third-order valence-electron chi connectivity index (χ3n) is 10.1. The number of hydrogen-bond donors (Lipinski definition) is 1.